The van der Waals surface area contributed by atoms with E-state index in [9.17, 15) is 27.9 Å². The molecule has 1 heterocycles. The lowest BCUT2D eigenvalue weighted by Crippen LogP contribution is -2.62. The summed E-state index contributed by atoms with van der Waals surface area (Å²) in [5, 5.41) is 9.95. The molecule has 0 spiro atoms. The van der Waals surface area contributed by atoms with Crippen LogP contribution in [0, 0.1) is 0 Å². The minimum Gasteiger partial charge on any atom is -0.456 e. The summed E-state index contributed by atoms with van der Waals surface area (Å²) in [6, 6.07) is 0. The Labute approximate surface area is 142 Å². The molecule has 25 heavy (non-hydrogen) atoms. The third-order valence-electron chi connectivity index (χ3n) is 2.90. The van der Waals surface area contributed by atoms with Crippen molar-refractivity contribution in [2.45, 2.75) is 51.5 Å². The van der Waals surface area contributed by atoms with Gasteiger partial charge in [0, 0.05) is 20.8 Å². The molecule has 0 aliphatic carbocycles. The van der Waals surface area contributed by atoms with Crippen molar-refractivity contribution in [1.82, 2.24) is 0 Å². The van der Waals surface area contributed by atoms with E-state index >= 15 is 0 Å². The van der Waals surface area contributed by atoms with Crippen LogP contribution in [0.2, 0.25) is 0 Å². The fourth-order valence-corrected chi connectivity index (χ4v) is 2.47. The number of hydrogen-bond acceptors (Lipinski definition) is 11. The number of ether oxygens (including phenoxy) is 4. The van der Waals surface area contributed by atoms with E-state index in [2.05, 4.69) is 4.18 Å². The van der Waals surface area contributed by atoms with Gasteiger partial charge in [-0.25, -0.2) is 4.18 Å². The van der Waals surface area contributed by atoms with Crippen molar-refractivity contribution >= 4 is 28.3 Å². The number of aliphatic hydroxyl groups excluding tert-OH is 1. The molecule has 1 fully saturated rings. The van der Waals surface area contributed by atoms with Crippen LogP contribution in [0.1, 0.15) is 20.8 Å². The van der Waals surface area contributed by atoms with Gasteiger partial charge in [0.25, 0.3) is 0 Å². The lowest BCUT2D eigenvalue weighted by Gasteiger charge is -2.42. The lowest BCUT2D eigenvalue weighted by atomic mass is 9.98. The highest BCUT2D eigenvalue weighted by molar-refractivity contribution is 7.80. The second kappa shape index (κ2) is 8.53. The maximum atomic E-state index is 11.3. The van der Waals surface area contributed by atoms with E-state index in [4.69, 9.17) is 23.5 Å². The highest BCUT2D eigenvalue weighted by Gasteiger charge is 2.51. The van der Waals surface area contributed by atoms with Gasteiger partial charge >= 0.3 is 28.3 Å². The molecule has 0 amide bonds. The number of hydrogen-bond donors (Lipinski definition) is 2. The fraction of sp³-hybridized carbons (Fsp3) is 0.750. The Hall–Kier alpha value is -1.80. The molecule has 0 bridgehead atoms. The third-order valence-corrected chi connectivity index (χ3v) is 3.33. The van der Waals surface area contributed by atoms with Gasteiger partial charge in [-0.2, -0.15) is 8.42 Å². The first-order valence-corrected chi connectivity index (χ1v) is 8.24. The largest absolute Gasteiger partial charge is 0.456 e. The van der Waals surface area contributed by atoms with Gasteiger partial charge in [-0.05, 0) is 0 Å². The molecule has 1 rings (SSSR count). The second-order valence-electron chi connectivity index (χ2n) is 5.00. The summed E-state index contributed by atoms with van der Waals surface area (Å²) in [5.74, 6) is -2.57. The zero-order valence-electron chi connectivity index (χ0n) is 13.5. The molecule has 1 aliphatic rings. The summed E-state index contributed by atoms with van der Waals surface area (Å²) in [5.41, 5.74) is 0. The van der Waals surface area contributed by atoms with Gasteiger partial charge in [-0.15, -0.1) is 0 Å². The van der Waals surface area contributed by atoms with Gasteiger partial charge in [0.15, 0.2) is 24.6 Å². The van der Waals surface area contributed by atoms with E-state index in [0.717, 1.165) is 20.8 Å². The molecule has 0 aromatic carbocycles. The van der Waals surface area contributed by atoms with Crippen molar-refractivity contribution in [2.75, 3.05) is 6.61 Å². The van der Waals surface area contributed by atoms with Crippen molar-refractivity contribution in [2.24, 2.45) is 0 Å². The number of carbonyl (C=O) groups excluding carboxylic acids is 3. The average molecular weight is 386 g/mol. The molecular weight excluding hydrogens is 368 g/mol. The van der Waals surface area contributed by atoms with Crippen LogP contribution in [-0.4, -0.2) is 73.3 Å². The van der Waals surface area contributed by atoms with Gasteiger partial charge in [-0.1, -0.05) is 0 Å². The molecule has 1 saturated heterocycles. The lowest BCUT2D eigenvalue weighted by molar-refractivity contribution is -0.294. The third kappa shape index (κ3) is 6.91. The first-order valence-electron chi connectivity index (χ1n) is 6.87. The molecule has 144 valence electrons. The maximum Gasteiger partial charge on any atom is 0.397 e. The van der Waals surface area contributed by atoms with Crippen LogP contribution in [0.15, 0.2) is 0 Å². The summed E-state index contributed by atoms with van der Waals surface area (Å²) in [4.78, 5) is 33.8. The molecule has 12 nitrogen and oxygen atoms in total. The summed E-state index contributed by atoms with van der Waals surface area (Å²) in [6.07, 6.45) is -7.86. The molecule has 5 atom stereocenters. The summed E-state index contributed by atoms with van der Waals surface area (Å²) < 4.78 is 54.0. The van der Waals surface area contributed by atoms with E-state index in [1.165, 1.54) is 0 Å². The Bertz CT molecular complexity index is 614. The highest BCUT2D eigenvalue weighted by atomic mass is 32.3. The summed E-state index contributed by atoms with van der Waals surface area (Å²) in [7, 11) is -4.86. The Morgan fingerprint density at radius 2 is 1.36 bits per heavy atom. The van der Waals surface area contributed by atoms with Crippen molar-refractivity contribution in [3.63, 3.8) is 0 Å². The van der Waals surface area contributed by atoms with E-state index in [0.29, 0.717) is 0 Å². The first kappa shape index (κ1) is 21.2. The van der Waals surface area contributed by atoms with Crippen LogP contribution in [0.5, 0.6) is 0 Å². The van der Waals surface area contributed by atoms with Crippen LogP contribution >= 0.6 is 0 Å². The van der Waals surface area contributed by atoms with E-state index < -0.39 is 65.6 Å². The molecule has 0 saturated carbocycles. The van der Waals surface area contributed by atoms with Gasteiger partial charge < -0.3 is 24.1 Å². The van der Waals surface area contributed by atoms with Gasteiger partial charge in [0.1, 0.15) is 6.10 Å². The first-order chi connectivity index (χ1) is 11.4. The van der Waals surface area contributed by atoms with Gasteiger partial charge in [0.05, 0.1) is 6.61 Å². The molecule has 0 aromatic rings. The topological polar surface area (TPSA) is 172 Å². The maximum absolute atomic E-state index is 11.3. The summed E-state index contributed by atoms with van der Waals surface area (Å²) >= 11 is 0. The quantitative estimate of drug-likeness (QED) is 0.302. The van der Waals surface area contributed by atoms with Crippen LogP contribution in [-0.2, 0) is 47.9 Å². The number of aliphatic hydroxyl groups is 1. The van der Waals surface area contributed by atoms with Crippen molar-refractivity contribution in [3.05, 3.63) is 0 Å². The van der Waals surface area contributed by atoms with Crippen LogP contribution in [0.4, 0.5) is 0 Å². The van der Waals surface area contributed by atoms with Gasteiger partial charge in [-0.3, -0.25) is 18.9 Å². The second-order valence-corrected chi connectivity index (χ2v) is 6.09. The smallest absolute Gasteiger partial charge is 0.397 e. The van der Waals surface area contributed by atoms with Crippen LogP contribution in [0.3, 0.4) is 0 Å². The molecule has 1 aliphatic heterocycles. The predicted molar refractivity (Wildman–Crippen MR) is 75.0 cm³/mol. The van der Waals surface area contributed by atoms with Crippen molar-refractivity contribution < 1.29 is 55.6 Å². The average Bonchev–Trinajstić information content (AvgIpc) is 2.41. The van der Waals surface area contributed by atoms with Crippen molar-refractivity contribution in [1.29, 1.82) is 0 Å². The molecule has 0 aromatic heterocycles. The Balaban J connectivity index is 3.15. The molecule has 0 unspecified atom stereocenters. The highest BCUT2D eigenvalue weighted by Crippen LogP contribution is 2.28. The van der Waals surface area contributed by atoms with E-state index in [1.54, 1.807) is 0 Å². The monoisotopic (exact) mass is 386 g/mol. The normalized spacial score (nSPS) is 29.6. The van der Waals surface area contributed by atoms with Crippen molar-refractivity contribution in [3.8, 4) is 0 Å². The molecule has 13 heteroatoms. The Morgan fingerprint density at radius 1 is 0.920 bits per heavy atom. The zero-order chi connectivity index (χ0) is 19.4. The minimum atomic E-state index is -4.86. The fourth-order valence-electron chi connectivity index (χ4n) is 2.16. The van der Waals surface area contributed by atoms with Gasteiger partial charge in [0.2, 0.25) is 0 Å². The Kier molecular flexibility index (Phi) is 7.25. The van der Waals surface area contributed by atoms with Crippen LogP contribution in [0.25, 0.3) is 0 Å². The standard InChI is InChI=1S/C12H18O12S/c1-5(13)21-9-8(4-20-25(17,18)19)24-12(16)11(23-7(3)15)10(9)22-6(2)14/h8-12,16H,4H2,1-3H3,(H,17,18,19)/t8-,9-,10+,11-,12-/m1/s1. The Morgan fingerprint density at radius 3 is 1.80 bits per heavy atom. The summed E-state index contributed by atoms with van der Waals surface area (Å²) in [6.45, 7) is 2.17. The molecular formula is C12H18O12S. The number of carbonyl (C=O) groups is 3. The number of rotatable bonds is 6. The molecule has 0 radical (unpaired) electrons. The van der Waals surface area contributed by atoms with Crippen LogP contribution < -0.4 is 0 Å². The zero-order valence-corrected chi connectivity index (χ0v) is 14.3. The number of esters is 3. The SMILES string of the molecule is CC(=O)O[C@@H]1[C@@H](OC(C)=O)[C@H](O)O[C@H](COS(=O)(=O)O)[C@H]1OC(C)=O. The van der Waals surface area contributed by atoms with E-state index in [1.807, 2.05) is 0 Å². The van der Waals surface area contributed by atoms with E-state index in [-0.39, 0.29) is 0 Å². The molecule has 2 N–H and O–H groups in total. The predicted octanol–water partition coefficient (Wildman–Crippen LogP) is -1.68. The minimum absolute atomic E-state index is 0.848.